The number of thiazole rings is 1. The Bertz CT molecular complexity index is 1310. The Morgan fingerprint density at radius 3 is 2.34 bits per heavy atom. The fourth-order valence-electron chi connectivity index (χ4n) is 3.22. The molecule has 0 aliphatic heterocycles. The Hall–Kier alpha value is -2.86. The van der Waals surface area contributed by atoms with E-state index in [0.29, 0.717) is 27.7 Å². The Morgan fingerprint density at radius 2 is 1.74 bits per heavy atom. The largest absolute Gasteiger partial charge is 0.360 e. The summed E-state index contributed by atoms with van der Waals surface area (Å²) in [5, 5.41) is 10.1. The van der Waals surface area contributed by atoms with Crippen molar-refractivity contribution in [1.82, 2.24) is 15.0 Å². The molecule has 0 spiro atoms. The molecule has 0 unspecified atom stereocenters. The van der Waals surface area contributed by atoms with Crippen molar-refractivity contribution in [2.24, 2.45) is 0 Å². The molecule has 0 aliphatic rings. The third-order valence-corrected chi connectivity index (χ3v) is 7.62. The van der Waals surface area contributed by atoms with E-state index in [9.17, 15) is 13.2 Å². The zero-order valence-electron chi connectivity index (χ0n) is 20.2. The van der Waals surface area contributed by atoms with Crippen LogP contribution in [0.3, 0.4) is 0 Å². The lowest BCUT2D eigenvalue weighted by atomic mass is 10.1. The van der Waals surface area contributed by atoms with Crippen LogP contribution in [-0.4, -0.2) is 36.5 Å². The summed E-state index contributed by atoms with van der Waals surface area (Å²) in [4.78, 5) is 16.2. The maximum Gasteiger partial charge on any atom is 0.241 e. The number of aromatic nitrogens is 1. The van der Waals surface area contributed by atoms with Gasteiger partial charge in [-0.05, 0) is 83.2 Å². The van der Waals surface area contributed by atoms with Crippen LogP contribution in [0.15, 0.2) is 53.6 Å². The molecule has 0 radical (unpaired) electrons. The fraction of sp³-hybridized carbons (Fsp3) is 0.292. The van der Waals surface area contributed by atoms with Crippen LogP contribution in [0.2, 0.25) is 0 Å². The number of nitrogens with one attached hydrogen (secondary N) is 4. The number of carbonyl (C=O) groups is 1. The molecule has 8 nitrogen and oxygen atoms in total. The molecule has 2 aromatic carbocycles. The number of anilines is 2. The van der Waals surface area contributed by atoms with Crippen molar-refractivity contribution in [2.45, 2.75) is 51.1 Å². The van der Waals surface area contributed by atoms with Crippen molar-refractivity contribution in [3.8, 4) is 21.0 Å². The molecule has 3 aromatic rings. The number of thiocarbonyl (C=S) groups is 1. The number of hydrogen-bond donors (Lipinski definition) is 4. The molecule has 0 fully saturated rings. The third kappa shape index (κ3) is 7.31. The molecule has 0 atom stereocenters. The van der Waals surface area contributed by atoms with E-state index < -0.39 is 15.6 Å². The zero-order chi connectivity index (χ0) is 25.8. The van der Waals surface area contributed by atoms with Crippen molar-refractivity contribution in [3.05, 3.63) is 48.7 Å². The smallest absolute Gasteiger partial charge is 0.241 e. The predicted molar refractivity (Wildman–Crippen MR) is 147 cm³/mol. The minimum absolute atomic E-state index is 0.0696. The van der Waals surface area contributed by atoms with Gasteiger partial charge in [0.15, 0.2) is 5.11 Å². The van der Waals surface area contributed by atoms with Crippen LogP contribution in [0.1, 0.15) is 34.6 Å². The van der Waals surface area contributed by atoms with Gasteiger partial charge in [-0.1, -0.05) is 6.07 Å². The summed E-state index contributed by atoms with van der Waals surface area (Å²) in [6.45, 7) is 9.34. The van der Waals surface area contributed by atoms with Crippen LogP contribution in [0.5, 0.6) is 0 Å². The summed E-state index contributed by atoms with van der Waals surface area (Å²) in [6.07, 6.45) is 2.17. The van der Waals surface area contributed by atoms with Gasteiger partial charge in [-0.3, -0.25) is 4.79 Å². The van der Waals surface area contributed by atoms with E-state index in [1.165, 1.54) is 17.4 Å². The molecule has 11 heteroatoms. The van der Waals surface area contributed by atoms with Crippen LogP contribution in [-0.2, 0) is 14.8 Å². The molecule has 0 saturated heterocycles. The molecule has 1 amide bonds. The van der Waals surface area contributed by atoms with Crippen molar-refractivity contribution >= 4 is 56.5 Å². The summed E-state index contributed by atoms with van der Waals surface area (Å²) < 4.78 is 29.1. The van der Waals surface area contributed by atoms with E-state index in [0.717, 1.165) is 16.3 Å². The summed E-state index contributed by atoms with van der Waals surface area (Å²) in [7, 11) is -3.87. The minimum Gasteiger partial charge on any atom is -0.360 e. The first-order valence-electron chi connectivity index (χ1n) is 10.9. The van der Waals surface area contributed by atoms with Gasteiger partial charge in [0.2, 0.25) is 16.4 Å². The fourth-order valence-corrected chi connectivity index (χ4v) is 6.27. The van der Waals surface area contributed by atoms with Gasteiger partial charge in [0.25, 0.3) is 0 Å². The van der Waals surface area contributed by atoms with Gasteiger partial charge in [0.1, 0.15) is 5.01 Å². The van der Waals surface area contributed by atoms with Crippen LogP contribution < -0.4 is 20.7 Å². The Balaban J connectivity index is 1.93. The zero-order valence-corrected chi connectivity index (χ0v) is 22.6. The lowest BCUT2D eigenvalue weighted by Crippen LogP contribution is -2.40. The Labute approximate surface area is 215 Å². The average molecular weight is 532 g/mol. The second kappa shape index (κ2) is 10.8. The van der Waals surface area contributed by atoms with Crippen LogP contribution in [0, 0.1) is 0 Å². The average Bonchev–Trinajstić information content (AvgIpc) is 3.22. The van der Waals surface area contributed by atoms with Crippen molar-refractivity contribution in [1.29, 1.82) is 0 Å². The molecule has 3 rings (SSSR count). The van der Waals surface area contributed by atoms with Crippen molar-refractivity contribution in [3.63, 3.8) is 0 Å². The second-order valence-electron chi connectivity index (χ2n) is 9.19. The van der Waals surface area contributed by atoms with Gasteiger partial charge >= 0.3 is 0 Å². The predicted octanol–water partition coefficient (Wildman–Crippen LogP) is 4.82. The van der Waals surface area contributed by atoms with E-state index in [4.69, 9.17) is 12.2 Å². The van der Waals surface area contributed by atoms with Crippen molar-refractivity contribution in [2.75, 3.05) is 10.6 Å². The highest BCUT2D eigenvalue weighted by Gasteiger charge is 2.26. The van der Waals surface area contributed by atoms with Gasteiger partial charge < -0.3 is 16.0 Å². The molecule has 35 heavy (non-hydrogen) atoms. The number of carbonyl (C=O) groups excluding carboxylic acids is 1. The molecule has 186 valence electrons. The molecule has 1 heterocycles. The number of hydrogen-bond acceptors (Lipinski definition) is 6. The molecule has 1 aromatic heterocycles. The van der Waals surface area contributed by atoms with Crippen LogP contribution in [0.4, 0.5) is 11.4 Å². The van der Waals surface area contributed by atoms with Crippen molar-refractivity contribution < 1.29 is 13.2 Å². The minimum atomic E-state index is -3.87. The molecular formula is C24H29N5O3S3. The molecule has 0 bridgehead atoms. The number of nitrogens with zero attached hydrogens (tertiary/aromatic N) is 1. The lowest BCUT2D eigenvalue weighted by molar-refractivity contribution is -0.105. The van der Waals surface area contributed by atoms with Gasteiger partial charge in [0, 0.05) is 40.3 Å². The molecular weight excluding hydrogens is 502 g/mol. The number of rotatable bonds is 8. The lowest BCUT2D eigenvalue weighted by Gasteiger charge is -2.21. The highest BCUT2D eigenvalue weighted by molar-refractivity contribution is 7.89. The van der Waals surface area contributed by atoms with E-state index in [-0.39, 0.29) is 10.9 Å². The van der Waals surface area contributed by atoms with Gasteiger partial charge in [-0.25, -0.2) is 18.1 Å². The van der Waals surface area contributed by atoms with Gasteiger partial charge in [0.05, 0.1) is 9.77 Å². The van der Waals surface area contributed by atoms with Crippen LogP contribution in [0.25, 0.3) is 21.0 Å². The highest BCUT2D eigenvalue weighted by atomic mass is 32.2. The third-order valence-electron chi connectivity index (χ3n) is 4.52. The molecule has 0 aliphatic carbocycles. The summed E-state index contributed by atoms with van der Waals surface area (Å²) >= 11 is 6.67. The number of sulfonamides is 1. The highest BCUT2D eigenvalue weighted by Crippen LogP contribution is 2.37. The van der Waals surface area contributed by atoms with Crippen LogP contribution >= 0.6 is 23.6 Å². The monoisotopic (exact) mass is 531 g/mol. The number of amides is 1. The maximum atomic E-state index is 13.2. The normalized spacial score (nSPS) is 11.8. The molecule has 0 saturated carbocycles. The maximum absolute atomic E-state index is 13.2. The van der Waals surface area contributed by atoms with E-state index in [1.807, 2.05) is 38.1 Å². The van der Waals surface area contributed by atoms with E-state index in [2.05, 4.69) is 25.7 Å². The first-order valence-corrected chi connectivity index (χ1v) is 13.6. The standard InChI is InChI=1S/C24H29N5O3S3/c1-15(2)27-23(33)28-17-8-6-16(7-9-17)22-25-13-20(34-22)19-11-10-18(26-14-30)12-21(19)35(31,32)29-24(3,4)5/h6-15,29H,1-5H3,(H,26,30)(H2,27,28,33). The van der Waals surface area contributed by atoms with E-state index >= 15 is 0 Å². The first-order chi connectivity index (χ1) is 16.4. The second-order valence-corrected chi connectivity index (χ2v) is 12.3. The summed E-state index contributed by atoms with van der Waals surface area (Å²) in [6, 6.07) is 12.7. The van der Waals surface area contributed by atoms with E-state index in [1.54, 1.807) is 39.1 Å². The summed E-state index contributed by atoms with van der Waals surface area (Å²) in [5.74, 6) is 0. The Kier molecular flexibility index (Phi) is 8.26. The SMILES string of the molecule is CC(C)NC(=S)Nc1ccc(-c2ncc(-c3ccc(NC=O)cc3S(=O)(=O)NC(C)(C)C)s2)cc1. The first kappa shape index (κ1) is 26.7. The van der Waals surface area contributed by atoms with Gasteiger partial charge in [-0.2, -0.15) is 0 Å². The van der Waals surface area contributed by atoms with Gasteiger partial charge in [-0.15, -0.1) is 11.3 Å². The number of benzene rings is 2. The Morgan fingerprint density at radius 1 is 1.09 bits per heavy atom. The topological polar surface area (TPSA) is 112 Å². The summed E-state index contributed by atoms with van der Waals surface area (Å²) in [5.41, 5.74) is 1.96. The molecule has 4 N–H and O–H groups in total. The quantitative estimate of drug-likeness (QED) is 0.244.